The van der Waals surface area contributed by atoms with Gasteiger partial charge in [-0.1, -0.05) is 6.07 Å². The van der Waals surface area contributed by atoms with E-state index in [1.165, 1.54) is 11.3 Å². The molecule has 2 heterocycles. The molecule has 0 spiro atoms. The fourth-order valence-electron chi connectivity index (χ4n) is 2.25. The van der Waals surface area contributed by atoms with Crippen LogP contribution in [0.1, 0.15) is 24.2 Å². The van der Waals surface area contributed by atoms with Crippen LogP contribution in [-0.4, -0.2) is 29.4 Å². The minimum absolute atomic E-state index is 0.0690. The molecule has 0 atom stereocenters. The molecule has 0 aliphatic rings. The van der Waals surface area contributed by atoms with Crippen molar-refractivity contribution in [1.82, 2.24) is 10.3 Å². The quantitative estimate of drug-likeness (QED) is 0.626. The summed E-state index contributed by atoms with van der Waals surface area (Å²) in [6.45, 7) is 3.74. The number of thiazole rings is 1. The van der Waals surface area contributed by atoms with Crippen molar-refractivity contribution in [1.29, 1.82) is 0 Å². The van der Waals surface area contributed by atoms with E-state index >= 15 is 0 Å². The van der Waals surface area contributed by atoms with Crippen LogP contribution in [0.3, 0.4) is 0 Å². The molecular formula is C19H19N3O3S2. The number of nitrogens with zero attached hydrogens (tertiary/aromatic N) is 1. The zero-order valence-corrected chi connectivity index (χ0v) is 16.5. The van der Waals surface area contributed by atoms with Crippen molar-refractivity contribution >= 4 is 39.6 Å². The lowest BCUT2D eigenvalue weighted by atomic mass is 10.2. The average Bonchev–Trinajstić information content (AvgIpc) is 3.31. The summed E-state index contributed by atoms with van der Waals surface area (Å²) in [5.74, 6) is 0.0551. The molecule has 0 fully saturated rings. The molecule has 1 aromatic carbocycles. The molecular weight excluding hydrogens is 382 g/mol. The molecule has 3 rings (SSSR count). The summed E-state index contributed by atoms with van der Waals surface area (Å²) in [6.07, 6.45) is 0.0690. The third-order valence-electron chi connectivity index (χ3n) is 3.42. The Kier molecular flexibility index (Phi) is 6.20. The van der Waals surface area contributed by atoms with Gasteiger partial charge in [0.15, 0.2) is 5.13 Å². The molecule has 140 valence electrons. The zero-order chi connectivity index (χ0) is 19.2. The Morgan fingerprint density at radius 2 is 1.93 bits per heavy atom. The molecule has 2 N–H and O–H groups in total. The van der Waals surface area contributed by atoms with E-state index in [4.69, 9.17) is 4.74 Å². The Labute approximate surface area is 165 Å². The van der Waals surface area contributed by atoms with Gasteiger partial charge in [0.05, 0.1) is 23.2 Å². The van der Waals surface area contributed by atoms with Gasteiger partial charge in [-0.3, -0.25) is 9.59 Å². The van der Waals surface area contributed by atoms with Crippen LogP contribution in [0.15, 0.2) is 47.2 Å². The monoisotopic (exact) mass is 401 g/mol. The predicted molar refractivity (Wildman–Crippen MR) is 109 cm³/mol. The standard InChI is InChI=1S/C19H19N3O3S2/c1-12(2)25-14-7-5-13(6-8-14)18(24)20-10-17(23)22-19-21-15(11-27-19)16-4-3-9-26-16/h3-9,11-12H,10H2,1-2H3,(H,20,24)(H,21,22,23). The van der Waals surface area contributed by atoms with Crippen LogP contribution in [-0.2, 0) is 4.79 Å². The Morgan fingerprint density at radius 1 is 1.15 bits per heavy atom. The summed E-state index contributed by atoms with van der Waals surface area (Å²) in [4.78, 5) is 29.6. The summed E-state index contributed by atoms with van der Waals surface area (Å²) in [5.41, 5.74) is 1.30. The lowest BCUT2D eigenvalue weighted by Gasteiger charge is -2.10. The lowest BCUT2D eigenvalue weighted by Crippen LogP contribution is -2.32. The third kappa shape index (κ3) is 5.38. The van der Waals surface area contributed by atoms with E-state index in [1.54, 1.807) is 35.6 Å². The zero-order valence-electron chi connectivity index (χ0n) is 14.9. The Bertz CT molecular complexity index is 903. The second kappa shape index (κ2) is 8.79. The fourth-order valence-corrected chi connectivity index (χ4v) is 3.74. The summed E-state index contributed by atoms with van der Waals surface area (Å²) in [5, 5.41) is 9.67. The van der Waals surface area contributed by atoms with E-state index in [-0.39, 0.29) is 24.5 Å². The van der Waals surface area contributed by atoms with Gasteiger partial charge >= 0.3 is 0 Å². The molecule has 0 aliphatic carbocycles. The number of benzene rings is 1. The molecule has 0 radical (unpaired) electrons. The fraction of sp³-hybridized carbons (Fsp3) is 0.211. The van der Waals surface area contributed by atoms with Crippen molar-refractivity contribution in [3.8, 4) is 16.3 Å². The highest BCUT2D eigenvalue weighted by atomic mass is 32.1. The van der Waals surface area contributed by atoms with E-state index < -0.39 is 0 Å². The second-order valence-corrected chi connectivity index (χ2v) is 7.74. The topological polar surface area (TPSA) is 80.3 Å². The summed E-state index contributed by atoms with van der Waals surface area (Å²) < 4.78 is 5.54. The highest BCUT2D eigenvalue weighted by Crippen LogP contribution is 2.28. The molecule has 6 nitrogen and oxygen atoms in total. The van der Waals surface area contributed by atoms with Crippen molar-refractivity contribution in [2.75, 3.05) is 11.9 Å². The van der Waals surface area contributed by atoms with Gasteiger partial charge in [0, 0.05) is 10.9 Å². The molecule has 0 unspecified atom stereocenters. The van der Waals surface area contributed by atoms with Crippen molar-refractivity contribution in [2.24, 2.45) is 0 Å². The number of anilines is 1. The lowest BCUT2D eigenvalue weighted by molar-refractivity contribution is -0.115. The normalized spacial score (nSPS) is 10.6. The van der Waals surface area contributed by atoms with Crippen LogP contribution in [0.25, 0.3) is 10.6 Å². The minimum atomic E-state index is -0.324. The highest BCUT2D eigenvalue weighted by molar-refractivity contribution is 7.16. The summed E-state index contributed by atoms with van der Waals surface area (Å²) in [6, 6.07) is 10.7. The molecule has 0 aliphatic heterocycles. The molecule has 2 amide bonds. The first-order chi connectivity index (χ1) is 13.0. The first-order valence-corrected chi connectivity index (χ1v) is 10.1. The van der Waals surface area contributed by atoms with Crippen molar-refractivity contribution in [2.45, 2.75) is 20.0 Å². The van der Waals surface area contributed by atoms with E-state index in [2.05, 4.69) is 15.6 Å². The molecule has 3 aromatic rings. The van der Waals surface area contributed by atoms with Crippen molar-refractivity contribution in [3.05, 3.63) is 52.7 Å². The van der Waals surface area contributed by atoms with Crippen LogP contribution >= 0.6 is 22.7 Å². The number of hydrogen-bond donors (Lipinski definition) is 2. The number of aromatic nitrogens is 1. The number of rotatable bonds is 7. The summed E-state index contributed by atoms with van der Waals surface area (Å²) in [7, 11) is 0. The van der Waals surface area contributed by atoms with E-state index in [0.29, 0.717) is 16.4 Å². The minimum Gasteiger partial charge on any atom is -0.491 e. The van der Waals surface area contributed by atoms with Gasteiger partial charge in [0.2, 0.25) is 5.91 Å². The van der Waals surface area contributed by atoms with Gasteiger partial charge in [0.25, 0.3) is 5.91 Å². The molecule has 0 saturated heterocycles. The van der Waals surface area contributed by atoms with E-state index in [1.807, 2.05) is 36.7 Å². The number of amides is 2. The van der Waals surface area contributed by atoms with Crippen molar-refractivity contribution in [3.63, 3.8) is 0 Å². The van der Waals surface area contributed by atoms with E-state index in [9.17, 15) is 9.59 Å². The van der Waals surface area contributed by atoms with Gasteiger partial charge < -0.3 is 15.4 Å². The number of thiophene rings is 1. The van der Waals surface area contributed by atoms with Crippen LogP contribution in [0.5, 0.6) is 5.75 Å². The molecule has 2 aromatic heterocycles. The molecule has 0 bridgehead atoms. The van der Waals surface area contributed by atoms with Crippen LogP contribution < -0.4 is 15.4 Å². The largest absolute Gasteiger partial charge is 0.491 e. The third-order valence-corrected chi connectivity index (χ3v) is 5.07. The first kappa shape index (κ1) is 19.1. The van der Waals surface area contributed by atoms with Gasteiger partial charge in [-0.15, -0.1) is 22.7 Å². The maximum Gasteiger partial charge on any atom is 0.251 e. The van der Waals surface area contributed by atoms with Crippen LogP contribution in [0, 0.1) is 0 Å². The van der Waals surface area contributed by atoms with Crippen LogP contribution in [0.2, 0.25) is 0 Å². The number of nitrogens with one attached hydrogen (secondary N) is 2. The average molecular weight is 402 g/mol. The number of hydrogen-bond acceptors (Lipinski definition) is 6. The van der Waals surface area contributed by atoms with Crippen molar-refractivity contribution < 1.29 is 14.3 Å². The molecule has 27 heavy (non-hydrogen) atoms. The predicted octanol–water partition coefficient (Wildman–Crippen LogP) is 4.03. The Hall–Kier alpha value is -2.71. The highest BCUT2D eigenvalue weighted by Gasteiger charge is 2.11. The molecule has 8 heteroatoms. The Balaban J connectivity index is 1.49. The van der Waals surface area contributed by atoms with E-state index in [0.717, 1.165) is 10.6 Å². The second-order valence-electron chi connectivity index (χ2n) is 5.94. The number of ether oxygens (including phenoxy) is 1. The maximum absolute atomic E-state index is 12.2. The smallest absolute Gasteiger partial charge is 0.251 e. The maximum atomic E-state index is 12.2. The van der Waals surface area contributed by atoms with Gasteiger partial charge in [-0.05, 0) is 49.6 Å². The summed E-state index contributed by atoms with van der Waals surface area (Å²) >= 11 is 2.94. The van der Waals surface area contributed by atoms with Crippen LogP contribution in [0.4, 0.5) is 5.13 Å². The van der Waals surface area contributed by atoms with Gasteiger partial charge in [-0.2, -0.15) is 0 Å². The number of carbonyl (C=O) groups is 2. The number of carbonyl (C=O) groups excluding carboxylic acids is 2. The SMILES string of the molecule is CC(C)Oc1ccc(C(=O)NCC(=O)Nc2nc(-c3cccs3)cs2)cc1. The Morgan fingerprint density at radius 3 is 2.59 bits per heavy atom. The molecule has 0 saturated carbocycles. The van der Waals surface area contributed by atoms with Gasteiger partial charge in [0.1, 0.15) is 5.75 Å². The van der Waals surface area contributed by atoms with Gasteiger partial charge in [-0.25, -0.2) is 4.98 Å². The first-order valence-electron chi connectivity index (χ1n) is 8.35.